The average Bonchev–Trinajstić information content (AvgIpc) is 3.30. The third kappa shape index (κ3) is 6.12. The predicted molar refractivity (Wildman–Crippen MR) is 130 cm³/mol. The van der Waals surface area contributed by atoms with Gasteiger partial charge in [0, 0.05) is 45.1 Å². The van der Waals surface area contributed by atoms with Crippen molar-refractivity contribution in [3.63, 3.8) is 0 Å². The molecule has 34 heavy (non-hydrogen) atoms. The summed E-state index contributed by atoms with van der Waals surface area (Å²) in [4.78, 5) is 15.0. The number of benzene rings is 2. The molecule has 2 fully saturated rings. The van der Waals surface area contributed by atoms with Crippen molar-refractivity contribution < 1.29 is 23.4 Å². The van der Waals surface area contributed by atoms with Crippen LogP contribution in [0.15, 0.2) is 53.4 Å². The number of nitrogens with zero attached hydrogens (tertiary/aromatic N) is 2. The van der Waals surface area contributed by atoms with Crippen LogP contribution >= 0.6 is 0 Å². The summed E-state index contributed by atoms with van der Waals surface area (Å²) in [7, 11) is -3.60. The predicted octanol–water partition coefficient (Wildman–Crippen LogP) is 2.14. The molecule has 7 nitrogen and oxygen atoms in total. The minimum absolute atomic E-state index is 0.0238. The van der Waals surface area contributed by atoms with Crippen LogP contribution in [0, 0.1) is 0 Å². The fourth-order valence-electron chi connectivity index (χ4n) is 4.90. The number of hydrogen-bond donors (Lipinski definition) is 2. The number of carbonyl (C=O) groups excluding carboxylic acids is 1. The van der Waals surface area contributed by atoms with Gasteiger partial charge in [0.2, 0.25) is 10.0 Å². The van der Waals surface area contributed by atoms with Crippen molar-refractivity contribution in [2.45, 2.75) is 62.2 Å². The van der Waals surface area contributed by atoms with Gasteiger partial charge >= 0.3 is 0 Å². The first-order valence-corrected chi connectivity index (χ1v) is 13.5. The molecule has 2 aromatic rings. The van der Waals surface area contributed by atoms with Crippen LogP contribution in [0.2, 0.25) is 0 Å². The van der Waals surface area contributed by atoms with E-state index in [1.807, 2.05) is 24.3 Å². The summed E-state index contributed by atoms with van der Waals surface area (Å²) >= 11 is 0. The average molecular weight is 487 g/mol. The minimum atomic E-state index is -3.60. The molecule has 0 radical (unpaired) electrons. The molecule has 0 aromatic heterocycles. The number of hydrogen-bond acceptors (Lipinski definition) is 6. The third-order valence-corrected chi connectivity index (χ3v) is 8.85. The van der Waals surface area contributed by atoms with Crippen LogP contribution < -0.4 is 0 Å². The monoisotopic (exact) mass is 486 g/mol. The summed E-state index contributed by atoms with van der Waals surface area (Å²) in [5.41, 5.74) is 2.49. The molecular weight excluding hydrogens is 452 g/mol. The number of piperidine rings is 1. The molecule has 0 bridgehead atoms. The Morgan fingerprint density at radius 3 is 2.00 bits per heavy atom. The van der Waals surface area contributed by atoms with E-state index < -0.39 is 10.0 Å². The zero-order valence-corrected chi connectivity index (χ0v) is 20.3. The van der Waals surface area contributed by atoms with Crippen LogP contribution in [-0.4, -0.2) is 71.9 Å². The fourth-order valence-corrected chi connectivity index (χ4v) is 6.59. The van der Waals surface area contributed by atoms with Gasteiger partial charge in [-0.25, -0.2) is 8.42 Å². The van der Waals surface area contributed by atoms with Crippen molar-refractivity contribution in [1.29, 1.82) is 0 Å². The van der Waals surface area contributed by atoms with Crippen LogP contribution in [0.25, 0.3) is 0 Å². The first-order valence-electron chi connectivity index (χ1n) is 12.1. The number of rotatable bonds is 9. The first-order chi connectivity index (χ1) is 16.3. The number of sulfonamides is 1. The molecule has 0 aliphatic carbocycles. The topological polar surface area (TPSA) is 98.1 Å². The lowest BCUT2D eigenvalue weighted by Crippen LogP contribution is -2.46. The molecule has 2 aliphatic heterocycles. The number of aliphatic hydroxyl groups is 2. The Kier molecular flexibility index (Phi) is 8.16. The van der Waals surface area contributed by atoms with Crippen molar-refractivity contribution in [1.82, 2.24) is 9.21 Å². The molecule has 0 spiro atoms. The van der Waals surface area contributed by atoms with E-state index in [1.54, 1.807) is 28.6 Å². The number of aliphatic hydroxyl groups excluding tert-OH is 2. The zero-order chi connectivity index (χ0) is 24.1. The molecule has 2 saturated heterocycles. The van der Waals surface area contributed by atoms with E-state index in [-0.39, 0.29) is 35.9 Å². The Bertz CT molecular complexity index is 1060. The zero-order valence-electron chi connectivity index (χ0n) is 19.5. The van der Waals surface area contributed by atoms with Gasteiger partial charge in [-0.1, -0.05) is 36.4 Å². The van der Waals surface area contributed by atoms with Gasteiger partial charge in [-0.3, -0.25) is 4.79 Å². The van der Waals surface area contributed by atoms with E-state index in [0.717, 1.165) is 55.5 Å². The highest BCUT2D eigenvalue weighted by molar-refractivity contribution is 7.89. The summed E-state index contributed by atoms with van der Waals surface area (Å²) < 4.78 is 28.3. The van der Waals surface area contributed by atoms with Crippen molar-refractivity contribution in [3.05, 3.63) is 65.2 Å². The summed E-state index contributed by atoms with van der Waals surface area (Å²) in [5, 5.41) is 18.9. The quantitative estimate of drug-likeness (QED) is 0.564. The maximum atomic E-state index is 13.3. The second-order valence-electron chi connectivity index (χ2n) is 9.45. The van der Waals surface area contributed by atoms with Crippen LogP contribution in [0.4, 0.5) is 0 Å². The van der Waals surface area contributed by atoms with Crippen molar-refractivity contribution >= 4 is 15.8 Å². The smallest absolute Gasteiger partial charge is 0.243 e. The molecular formula is C26H34N2O5S. The van der Waals surface area contributed by atoms with E-state index >= 15 is 0 Å². The molecule has 2 aromatic carbocycles. The van der Waals surface area contributed by atoms with Crippen LogP contribution in [-0.2, 0) is 34.3 Å². The molecule has 0 saturated carbocycles. The Morgan fingerprint density at radius 1 is 0.853 bits per heavy atom. The molecule has 8 heteroatoms. The highest BCUT2D eigenvalue weighted by atomic mass is 32.2. The molecule has 2 aliphatic rings. The van der Waals surface area contributed by atoms with Gasteiger partial charge in [0.15, 0.2) is 0 Å². The third-order valence-electron chi connectivity index (χ3n) is 6.89. The molecule has 2 N–H and O–H groups in total. The number of likely N-dealkylation sites (tertiary alicyclic amines) is 1. The van der Waals surface area contributed by atoms with Gasteiger partial charge in [0.05, 0.1) is 17.6 Å². The summed E-state index contributed by atoms with van der Waals surface area (Å²) in [6.07, 6.45) is 3.50. The SMILES string of the molecule is O=C(Cc1ccc(CO)cc1)Cc1ccc(S(=O)(=O)N2CCC[C@@H]2CN2CCC(O)CC2)cc1. The maximum Gasteiger partial charge on any atom is 0.243 e. The lowest BCUT2D eigenvalue weighted by atomic mass is 10.0. The second-order valence-corrected chi connectivity index (χ2v) is 11.3. The van der Waals surface area contributed by atoms with Crippen LogP contribution in [0.5, 0.6) is 0 Å². The molecule has 184 valence electrons. The number of carbonyl (C=O) groups is 1. The Morgan fingerprint density at radius 2 is 1.41 bits per heavy atom. The highest BCUT2D eigenvalue weighted by Gasteiger charge is 2.36. The van der Waals surface area contributed by atoms with E-state index in [1.165, 1.54) is 0 Å². The van der Waals surface area contributed by atoms with Crippen molar-refractivity contribution in [2.24, 2.45) is 0 Å². The summed E-state index contributed by atoms with van der Waals surface area (Å²) in [6.45, 7) is 2.82. The first kappa shape index (κ1) is 25.0. The molecule has 4 rings (SSSR count). The van der Waals surface area contributed by atoms with Gasteiger partial charge in [-0.2, -0.15) is 4.31 Å². The summed E-state index contributed by atoms with van der Waals surface area (Å²) in [5.74, 6) is 0.0543. The number of Topliss-reactive ketones (excluding diaryl/α,β-unsaturated/α-hetero) is 1. The largest absolute Gasteiger partial charge is 0.393 e. The summed E-state index contributed by atoms with van der Waals surface area (Å²) in [6, 6.07) is 14.0. The lowest BCUT2D eigenvalue weighted by molar-refractivity contribution is -0.117. The highest BCUT2D eigenvalue weighted by Crippen LogP contribution is 2.27. The molecule has 0 unspecified atom stereocenters. The standard InChI is InChI=1S/C26H34N2O5S/c29-19-22-5-3-20(4-6-22)16-25(31)17-21-7-9-26(10-8-21)34(32,33)28-13-1-2-23(28)18-27-14-11-24(30)12-15-27/h3-10,23-24,29-30H,1-2,11-19H2/t23-/m1/s1. The fraction of sp³-hybridized carbons (Fsp3) is 0.500. The van der Waals surface area contributed by atoms with Crippen LogP contribution in [0.1, 0.15) is 42.4 Å². The molecule has 1 atom stereocenters. The normalized spacial score (nSPS) is 20.6. The Balaban J connectivity index is 1.36. The maximum absolute atomic E-state index is 13.3. The van der Waals surface area contributed by atoms with Gasteiger partial charge < -0.3 is 15.1 Å². The second kappa shape index (κ2) is 11.1. The Labute approximate surface area is 202 Å². The molecule has 0 amide bonds. The van der Waals surface area contributed by atoms with E-state index in [2.05, 4.69) is 4.90 Å². The van der Waals surface area contributed by atoms with E-state index in [4.69, 9.17) is 5.11 Å². The van der Waals surface area contributed by atoms with Crippen LogP contribution in [0.3, 0.4) is 0 Å². The number of ketones is 1. The van der Waals surface area contributed by atoms with Gasteiger partial charge in [-0.15, -0.1) is 0 Å². The van der Waals surface area contributed by atoms with Gasteiger partial charge in [0.1, 0.15) is 5.78 Å². The lowest BCUT2D eigenvalue weighted by Gasteiger charge is -2.34. The van der Waals surface area contributed by atoms with Gasteiger partial charge in [-0.05, 0) is 54.5 Å². The van der Waals surface area contributed by atoms with Crippen molar-refractivity contribution in [3.8, 4) is 0 Å². The Hall–Kier alpha value is -2.10. The minimum Gasteiger partial charge on any atom is -0.393 e. The van der Waals surface area contributed by atoms with Crippen molar-refractivity contribution in [2.75, 3.05) is 26.2 Å². The molecule has 2 heterocycles. The van der Waals surface area contributed by atoms with E-state index in [0.29, 0.717) is 19.5 Å². The van der Waals surface area contributed by atoms with Gasteiger partial charge in [0.25, 0.3) is 0 Å². The van der Waals surface area contributed by atoms with E-state index in [9.17, 15) is 18.3 Å².